The Hall–Kier alpha value is -0.930. The average Bonchev–Trinajstić information content (AvgIpc) is 3.50. The highest BCUT2D eigenvalue weighted by molar-refractivity contribution is 7.10. The number of Topliss-reactive ketones (excluding diaryl/α,β-unsaturated/α-hetero) is 1. The van der Waals surface area contributed by atoms with Crippen LogP contribution in [0.25, 0.3) is 6.08 Å². The van der Waals surface area contributed by atoms with Gasteiger partial charge >= 0.3 is 0 Å². The molecule has 7 aliphatic rings. The van der Waals surface area contributed by atoms with E-state index in [1.165, 1.54) is 82.6 Å². The molecule has 230 valence electrons. The first kappa shape index (κ1) is 28.5. The molecule has 2 heterocycles. The lowest BCUT2D eigenvalue weighted by Gasteiger charge is -2.73. The van der Waals surface area contributed by atoms with E-state index in [1.54, 1.807) is 10.4 Å². The second-order valence-corrected chi connectivity index (χ2v) is 19.4. The number of carbonyl (C=O) groups excluding carboxylic acids is 1. The molecule has 6 aliphatic carbocycles. The third kappa shape index (κ3) is 3.45. The minimum Gasteiger partial charge on any atom is -0.377 e. The van der Waals surface area contributed by atoms with Crippen LogP contribution in [-0.4, -0.2) is 18.5 Å². The van der Waals surface area contributed by atoms with Gasteiger partial charge in [-0.2, -0.15) is 0 Å². The molecule has 0 aromatic carbocycles. The Kier molecular flexibility index (Phi) is 6.02. The van der Waals surface area contributed by atoms with Gasteiger partial charge in [-0.15, -0.1) is 11.3 Å². The first-order valence-corrected chi connectivity index (χ1v) is 18.6. The molecule has 5 saturated carbocycles. The van der Waals surface area contributed by atoms with Gasteiger partial charge in [0.2, 0.25) is 0 Å². The number of allylic oxidation sites excluding steroid dienone is 1. The number of hydrogen-bond donors (Lipinski definition) is 0. The van der Waals surface area contributed by atoms with Crippen molar-refractivity contribution in [1.29, 1.82) is 0 Å². The second kappa shape index (κ2) is 8.86. The molecule has 1 aliphatic heterocycles. The summed E-state index contributed by atoms with van der Waals surface area (Å²) in [6, 6.07) is 0. The predicted molar refractivity (Wildman–Crippen MR) is 174 cm³/mol. The number of hydrogen-bond acceptors (Lipinski definition) is 3. The quantitative estimate of drug-likeness (QED) is 0.305. The minimum atomic E-state index is -0.287. The van der Waals surface area contributed by atoms with Crippen molar-refractivity contribution in [1.82, 2.24) is 0 Å². The maximum absolute atomic E-state index is 14.3. The van der Waals surface area contributed by atoms with Crippen LogP contribution in [0, 0.1) is 56.2 Å². The summed E-state index contributed by atoms with van der Waals surface area (Å²) in [5.74, 6) is 3.13. The summed E-state index contributed by atoms with van der Waals surface area (Å²) in [6.45, 7) is 18.8. The van der Waals surface area contributed by atoms with Gasteiger partial charge in [-0.25, -0.2) is 0 Å². The van der Waals surface area contributed by atoms with Gasteiger partial charge in [0.05, 0.1) is 12.7 Å². The second-order valence-electron chi connectivity index (χ2n) is 18.5. The molecule has 8 rings (SSSR count). The van der Waals surface area contributed by atoms with Gasteiger partial charge in [-0.05, 0) is 162 Å². The van der Waals surface area contributed by atoms with Crippen molar-refractivity contribution in [3.8, 4) is 0 Å². The van der Waals surface area contributed by atoms with Crippen LogP contribution >= 0.6 is 11.3 Å². The van der Waals surface area contributed by atoms with E-state index in [2.05, 4.69) is 59.9 Å². The molecule has 4 unspecified atom stereocenters. The van der Waals surface area contributed by atoms with Crippen LogP contribution in [0.15, 0.2) is 11.0 Å². The lowest BCUT2D eigenvalue weighted by molar-refractivity contribution is -0.236. The van der Waals surface area contributed by atoms with Crippen LogP contribution in [-0.2, 0) is 22.4 Å². The molecule has 1 saturated heterocycles. The van der Waals surface area contributed by atoms with Crippen LogP contribution < -0.4 is 0 Å². The standard InChI is InChI=1S/C39H56O2S/c1-34(2)16-18-39-19-17-37(6)27(31(39)33(34)41-23-39)12-13-30-36(5)21-24(20-25-22-42-28-11-9-8-10-26(25)28)32(40)35(3,4)29(36)14-15-38(30,37)7/h20,22,27,29-31,33H,8-19,21,23H2,1-7H3/b24-20+/t27?,29?,30?,31?,33-,36+,37-,38-,39-/m1/s1. The summed E-state index contributed by atoms with van der Waals surface area (Å²) in [6.07, 6.45) is 19.5. The lowest BCUT2D eigenvalue weighted by Crippen LogP contribution is -2.67. The topological polar surface area (TPSA) is 26.3 Å². The number of ether oxygens (including phenoxy) is 1. The molecule has 0 N–H and O–H groups in total. The molecule has 1 aromatic heterocycles. The SMILES string of the molecule is CC1(C)C(=O)/C(=C/c2csc3c2CCCC3)C[C@@]2(C)C1CC[C@]1(C)C2CCC2C3[C@H]4OC[C@@]3(CCC4(C)C)CC[C@]21C. The number of aryl methyl sites for hydroxylation is 1. The molecule has 0 radical (unpaired) electrons. The van der Waals surface area contributed by atoms with Crippen LogP contribution in [0.5, 0.6) is 0 Å². The summed E-state index contributed by atoms with van der Waals surface area (Å²) in [7, 11) is 0. The van der Waals surface area contributed by atoms with Crippen molar-refractivity contribution < 1.29 is 9.53 Å². The van der Waals surface area contributed by atoms with Crippen molar-refractivity contribution in [2.24, 2.45) is 56.2 Å². The fourth-order valence-corrected chi connectivity index (χ4v) is 14.9. The first-order chi connectivity index (χ1) is 19.8. The molecule has 42 heavy (non-hydrogen) atoms. The summed E-state index contributed by atoms with van der Waals surface area (Å²) in [5.41, 5.74) is 5.40. The largest absolute Gasteiger partial charge is 0.377 e. The van der Waals surface area contributed by atoms with E-state index < -0.39 is 0 Å². The third-order valence-electron chi connectivity index (χ3n) is 16.1. The van der Waals surface area contributed by atoms with Crippen molar-refractivity contribution >= 4 is 23.2 Å². The molecule has 0 amide bonds. The summed E-state index contributed by atoms with van der Waals surface area (Å²) < 4.78 is 6.80. The van der Waals surface area contributed by atoms with Crippen molar-refractivity contribution in [3.63, 3.8) is 0 Å². The highest BCUT2D eigenvalue weighted by Crippen LogP contribution is 2.78. The maximum atomic E-state index is 14.3. The van der Waals surface area contributed by atoms with Gasteiger partial charge in [-0.3, -0.25) is 4.79 Å². The number of fused-ring (bicyclic) bond motifs is 6. The van der Waals surface area contributed by atoms with E-state index in [0.29, 0.717) is 45.4 Å². The van der Waals surface area contributed by atoms with Crippen molar-refractivity contribution in [2.45, 2.75) is 138 Å². The highest BCUT2D eigenvalue weighted by Gasteiger charge is 2.73. The predicted octanol–water partition coefficient (Wildman–Crippen LogP) is 10.1. The molecular formula is C39H56O2S. The van der Waals surface area contributed by atoms with Crippen LogP contribution in [0.2, 0.25) is 0 Å². The van der Waals surface area contributed by atoms with Gasteiger partial charge in [0.15, 0.2) is 5.78 Å². The van der Waals surface area contributed by atoms with Crippen LogP contribution in [0.3, 0.4) is 0 Å². The first-order valence-electron chi connectivity index (χ1n) is 17.7. The maximum Gasteiger partial charge on any atom is 0.164 e. The summed E-state index contributed by atoms with van der Waals surface area (Å²) in [5, 5.41) is 2.37. The minimum absolute atomic E-state index is 0.177. The monoisotopic (exact) mass is 588 g/mol. The Labute approximate surface area is 259 Å². The molecule has 2 nitrogen and oxygen atoms in total. The molecule has 0 spiro atoms. The Balaban J connectivity index is 1.18. The van der Waals surface area contributed by atoms with Gasteiger partial charge in [0, 0.05) is 10.3 Å². The Morgan fingerprint density at radius 3 is 2.43 bits per heavy atom. The number of thiophene rings is 1. The number of ketones is 1. The molecule has 6 fully saturated rings. The van der Waals surface area contributed by atoms with E-state index >= 15 is 0 Å². The van der Waals surface area contributed by atoms with Gasteiger partial charge in [0.25, 0.3) is 0 Å². The number of rotatable bonds is 1. The Morgan fingerprint density at radius 1 is 0.857 bits per heavy atom. The zero-order valence-corrected chi connectivity index (χ0v) is 28.5. The zero-order chi connectivity index (χ0) is 29.5. The molecule has 1 aromatic rings. The molecule has 9 atom stereocenters. The summed E-state index contributed by atoms with van der Waals surface area (Å²) >= 11 is 1.94. The summed E-state index contributed by atoms with van der Waals surface area (Å²) in [4.78, 5) is 15.9. The van der Waals surface area contributed by atoms with E-state index in [-0.39, 0.29) is 10.8 Å². The van der Waals surface area contributed by atoms with Gasteiger partial charge in [0.1, 0.15) is 0 Å². The van der Waals surface area contributed by atoms with Gasteiger partial charge < -0.3 is 4.74 Å². The fourth-order valence-electron chi connectivity index (χ4n) is 13.8. The molecule has 3 heteroatoms. The van der Waals surface area contributed by atoms with Crippen LogP contribution in [0.1, 0.15) is 135 Å². The number of carbonyl (C=O) groups is 1. The zero-order valence-electron chi connectivity index (χ0n) is 27.7. The van der Waals surface area contributed by atoms with Crippen LogP contribution in [0.4, 0.5) is 0 Å². The van der Waals surface area contributed by atoms with E-state index in [1.807, 2.05) is 11.3 Å². The average molecular weight is 589 g/mol. The van der Waals surface area contributed by atoms with E-state index in [9.17, 15) is 4.79 Å². The van der Waals surface area contributed by atoms with Gasteiger partial charge in [-0.1, -0.05) is 48.5 Å². The fraction of sp³-hybridized carbons (Fsp3) is 0.821. The molecule has 2 bridgehead atoms. The van der Waals surface area contributed by atoms with E-state index in [4.69, 9.17) is 4.74 Å². The molecular weight excluding hydrogens is 532 g/mol. The highest BCUT2D eigenvalue weighted by atomic mass is 32.1. The lowest BCUT2D eigenvalue weighted by atomic mass is 9.31. The Morgan fingerprint density at radius 2 is 1.62 bits per heavy atom. The smallest absolute Gasteiger partial charge is 0.164 e. The van der Waals surface area contributed by atoms with Crippen molar-refractivity contribution in [3.05, 3.63) is 27.0 Å². The van der Waals surface area contributed by atoms with E-state index in [0.717, 1.165) is 30.4 Å². The van der Waals surface area contributed by atoms with Crippen molar-refractivity contribution in [2.75, 3.05) is 6.61 Å². The Bertz CT molecular complexity index is 1350. The normalized spacial score (nSPS) is 49.5. The third-order valence-corrected chi connectivity index (χ3v) is 17.2.